The summed E-state index contributed by atoms with van der Waals surface area (Å²) in [6, 6.07) is 6.85. The fraction of sp³-hybridized carbons (Fsp3) is 0.400. The Kier molecular flexibility index (Phi) is 2.23. The predicted molar refractivity (Wildman–Crippen MR) is 54.1 cm³/mol. The normalized spacial score (nSPS) is 25.0. The minimum atomic E-state index is -2.84. The van der Waals surface area contributed by atoms with Gasteiger partial charge in [-0.25, -0.2) is 8.42 Å². The van der Waals surface area contributed by atoms with Gasteiger partial charge in [-0.1, -0.05) is 12.1 Å². The van der Waals surface area contributed by atoms with Crippen molar-refractivity contribution >= 4 is 9.84 Å². The molecule has 0 aromatic heterocycles. The van der Waals surface area contributed by atoms with Gasteiger partial charge in [0.25, 0.3) is 0 Å². The molecule has 1 heterocycles. The average Bonchev–Trinajstić information content (AvgIpc) is 2.46. The Morgan fingerprint density at radius 3 is 2.71 bits per heavy atom. The van der Waals surface area contributed by atoms with Gasteiger partial charge in [-0.15, -0.1) is 0 Å². The Hall–Kier alpha value is -1.03. The maximum absolute atomic E-state index is 11.2. The standard InChI is InChI=1S/C10H12O3S/c11-10-3-1-2-8(6-10)9-4-5-14(12,13)7-9/h1-3,6,9,11H,4-5,7H2. The van der Waals surface area contributed by atoms with Gasteiger partial charge >= 0.3 is 0 Å². The van der Waals surface area contributed by atoms with E-state index in [1.54, 1.807) is 18.2 Å². The molecule has 0 spiro atoms. The van der Waals surface area contributed by atoms with Crippen LogP contribution in [0.25, 0.3) is 0 Å². The minimum Gasteiger partial charge on any atom is -0.508 e. The Balaban J connectivity index is 2.26. The van der Waals surface area contributed by atoms with E-state index in [1.165, 1.54) is 0 Å². The lowest BCUT2D eigenvalue weighted by molar-refractivity contribution is 0.474. The summed E-state index contributed by atoms with van der Waals surface area (Å²) < 4.78 is 22.5. The fourth-order valence-electron chi connectivity index (χ4n) is 1.84. The third kappa shape index (κ3) is 1.90. The highest BCUT2D eigenvalue weighted by atomic mass is 32.2. The molecule has 0 bridgehead atoms. The molecule has 3 nitrogen and oxygen atoms in total. The van der Waals surface area contributed by atoms with Crippen molar-refractivity contribution in [1.82, 2.24) is 0 Å². The van der Waals surface area contributed by atoms with E-state index in [1.807, 2.05) is 6.07 Å². The van der Waals surface area contributed by atoms with Crippen molar-refractivity contribution in [3.05, 3.63) is 29.8 Å². The van der Waals surface area contributed by atoms with Gasteiger partial charge in [-0.05, 0) is 30.0 Å². The molecule has 1 saturated heterocycles. The zero-order chi connectivity index (χ0) is 10.2. The highest BCUT2D eigenvalue weighted by Gasteiger charge is 2.28. The summed E-state index contributed by atoms with van der Waals surface area (Å²) in [6.07, 6.45) is 0.672. The molecule has 1 aromatic rings. The van der Waals surface area contributed by atoms with Gasteiger partial charge in [0.1, 0.15) is 5.75 Å². The fourth-order valence-corrected chi connectivity index (χ4v) is 3.62. The van der Waals surface area contributed by atoms with Gasteiger partial charge in [0, 0.05) is 0 Å². The van der Waals surface area contributed by atoms with Gasteiger partial charge in [0.2, 0.25) is 0 Å². The van der Waals surface area contributed by atoms with Crippen LogP contribution in [-0.4, -0.2) is 25.0 Å². The van der Waals surface area contributed by atoms with Crippen molar-refractivity contribution in [2.24, 2.45) is 0 Å². The van der Waals surface area contributed by atoms with E-state index in [2.05, 4.69) is 0 Å². The third-order valence-corrected chi connectivity index (χ3v) is 4.34. The summed E-state index contributed by atoms with van der Waals surface area (Å²) in [6.45, 7) is 0. The van der Waals surface area contributed by atoms with Gasteiger partial charge in [-0.2, -0.15) is 0 Å². The van der Waals surface area contributed by atoms with E-state index in [-0.39, 0.29) is 23.2 Å². The molecule has 1 aromatic carbocycles. The SMILES string of the molecule is O=S1(=O)CCC(c2cccc(O)c2)C1. The van der Waals surface area contributed by atoms with Gasteiger partial charge in [-0.3, -0.25) is 0 Å². The molecule has 0 radical (unpaired) electrons. The first-order valence-corrected chi connectivity index (χ1v) is 6.38. The first-order valence-electron chi connectivity index (χ1n) is 4.56. The first kappa shape index (κ1) is 9.52. The molecular weight excluding hydrogens is 200 g/mol. The maximum Gasteiger partial charge on any atom is 0.150 e. The van der Waals surface area contributed by atoms with Crippen LogP contribution < -0.4 is 0 Å². The molecule has 1 aliphatic heterocycles. The lowest BCUT2D eigenvalue weighted by Gasteiger charge is -2.07. The van der Waals surface area contributed by atoms with E-state index in [9.17, 15) is 13.5 Å². The van der Waals surface area contributed by atoms with Crippen molar-refractivity contribution < 1.29 is 13.5 Å². The highest BCUT2D eigenvalue weighted by molar-refractivity contribution is 7.91. The maximum atomic E-state index is 11.2. The molecule has 4 heteroatoms. The van der Waals surface area contributed by atoms with Crippen molar-refractivity contribution in [2.45, 2.75) is 12.3 Å². The van der Waals surface area contributed by atoms with Crippen LogP contribution in [0, 0.1) is 0 Å². The molecule has 1 N–H and O–H groups in total. The van der Waals surface area contributed by atoms with Gasteiger partial charge < -0.3 is 5.11 Å². The number of benzene rings is 1. The van der Waals surface area contributed by atoms with Crippen LogP contribution in [0.5, 0.6) is 5.75 Å². The molecule has 14 heavy (non-hydrogen) atoms. The van der Waals surface area contributed by atoms with E-state index in [4.69, 9.17) is 0 Å². The smallest absolute Gasteiger partial charge is 0.150 e. The number of hydrogen-bond donors (Lipinski definition) is 1. The van der Waals surface area contributed by atoms with Crippen LogP contribution in [0.1, 0.15) is 17.9 Å². The molecule has 1 atom stereocenters. The molecule has 1 unspecified atom stereocenters. The molecule has 0 saturated carbocycles. The molecule has 1 fully saturated rings. The Bertz CT molecular complexity index is 436. The van der Waals surface area contributed by atoms with Gasteiger partial charge in [0.15, 0.2) is 9.84 Å². The number of rotatable bonds is 1. The molecule has 2 rings (SSSR count). The van der Waals surface area contributed by atoms with Crippen LogP contribution in [0.4, 0.5) is 0 Å². The van der Waals surface area contributed by atoms with Crippen LogP contribution in [0.15, 0.2) is 24.3 Å². The van der Waals surface area contributed by atoms with Crippen molar-refractivity contribution in [2.75, 3.05) is 11.5 Å². The Morgan fingerprint density at radius 1 is 1.36 bits per heavy atom. The lowest BCUT2D eigenvalue weighted by Crippen LogP contribution is -2.03. The second-order valence-electron chi connectivity index (χ2n) is 3.69. The van der Waals surface area contributed by atoms with Crippen LogP contribution in [0.2, 0.25) is 0 Å². The van der Waals surface area contributed by atoms with Crippen molar-refractivity contribution in [3.8, 4) is 5.75 Å². The summed E-state index contributed by atoms with van der Waals surface area (Å²) >= 11 is 0. The van der Waals surface area contributed by atoms with Gasteiger partial charge in [0.05, 0.1) is 11.5 Å². The molecule has 1 aliphatic rings. The molecule has 0 aliphatic carbocycles. The summed E-state index contributed by atoms with van der Waals surface area (Å²) in [5, 5.41) is 9.25. The molecular formula is C10H12O3S. The number of aromatic hydroxyl groups is 1. The van der Waals surface area contributed by atoms with E-state index in [0.717, 1.165) is 5.56 Å². The number of hydrogen-bond acceptors (Lipinski definition) is 3. The summed E-state index contributed by atoms with van der Waals surface area (Å²) in [7, 11) is -2.84. The largest absolute Gasteiger partial charge is 0.508 e. The Labute approximate surface area is 83.3 Å². The third-order valence-electron chi connectivity index (χ3n) is 2.57. The molecule has 0 amide bonds. The zero-order valence-electron chi connectivity index (χ0n) is 7.68. The summed E-state index contributed by atoms with van der Waals surface area (Å²) in [5.74, 6) is 0.753. The van der Waals surface area contributed by atoms with Crippen LogP contribution in [-0.2, 0) is 9.84 Å². The second kappa shape index (κ2) is 3.28. The second-order valence-corrected chi connectivity index (χ2v) is 5.92. The van der Waals surface area contributed by atoms with E-state index >= 15 is 0 Å². The molecule has 76 valence electrons. The number of phenols is 1. The lowest BCUT2D eigenvalue weighted by atomic mass is 9.99. The van der Waals surface area contributed by atoms with E-state index < -0.39 is 9.84 Å². The topological polar surface area (TPSA) is 54.4 Å². The summed E-state index contributed by atoms with van der Waals surface area (Å²) in [5.41, 5.74) is 0.922. The Morgan fingerprint density at radius 2 is 2.14 bits per heavy atom. The highest BCUT2D eigenvalue weighted by Crippen LogP contribution is 2.30. The van der Waals surface area contributed by atoms with E-state index in [0.29, 0.717) is 6.42 Å². The number of phenolic OH excluding ortho intramolecular Hbond substituents is 1. The predicted octanol–water partition coefficient (Wildman–Crippen LogP) is 1.29. The number of sulfone groups is 1. The summed E-state index contributed by atoms with van der Waals surface area (Å²) in [4.78, 5) is 0. The average molecular weight is 212 g/mol. The monoisotopic (exact) mass is 212 g/mol. The van der Waals surface area contributed by atoms with Crippen molar-refractivity contribution in [3.63, 3.8) is 0 Å². The van der Waals surface area contributed by atoms with Crippen molar-refractivity contribution in [1.29, 1.82) is 0 Å². The van der Waals surface area contributed by atoms with Crippen LogP contribution in [0.3, 0.4) is 0 Å². The van der Waals surface area contributed by atoms with Crippen LogP contribution >= 0.6 is 0 Å². The zero-order valence-corrected chi connectivity index (χ0v) is 8.50. The minimum absolute atomic E-state index is 0.0621. The quantitative estimate of drug-likeness (QED) is 0.763. The first-order chi connectivity index (χ1) is 6.57.